The molecule has 3 rings (SSSR count). The minimum absolute atomic E-state index is 0.102. The van der Waals surface area contributed by atoms with Gasteiger partial charge >= 0.3 is 6.09 Å². The number of carbonyl (C=O) groups excluding carboxylic acids is 2. The van der Waals surface area contributed by atoms with Gasteiger partial charge in [-0.15, -0.1) is 0 Å². The molecule has 28 heavy (non-hydrogen) atoms. The summed E-state index contributed by atoms with van der Waals surface area (Å²) >= 11 is 0. The predicted molar refractivity (Wildman–Crippen MR) is 109 cm³/mol. The third-order valence-electron chi connectivity index (χ3n) is 5.04. The van der Waals surface area contributed by atoms with Crippen LogP contribution in [0.15, 0.2) is 42.5 Å². The number of rotatable bonds is 5. The highest BCUT2D eigenvalue weighted by atomic mass is 16.5. The van der Waals surface area contributed by atoms with Gasteiger partial charge in [-0.25, -0.2) is 4.79 Å². The number of aryl methyl sites for hydroxylation is 1. The summed E-state index contributed by atoms with van der Waals surface area (Å²) in [6.45, 7) is 2.32. The van der Waals surface area contributed by atoms with Gasteiger partial charge < -0.3 is 15.2 Å². The van der Waals surface area contributed by atoms with Crippen LogP contribution in [0.1, 0.15) is 48.0 Å². The van der Waals surface area contributed by atoms with Crippen molar-refractivity contribution in [2.75, 3.05) is 17.2 Å². The van der Waals surface area contributed by atoms with Crippen molar-refractivity contribution in [2.24, 2.45) is 5.92 Å². The average Bonchev–Trinajstić information content (AvgIpc) is 2.70. The minimum atomic E-state index is -0.481. The lowest BCUT2D eigenvalue weighted by molar-refractivity contribution is 0.102. The Balaban J connectivity index is 1.58. The number of aromatic hydroxyl groups is 1. The molecule has 0 radical (unpaired) electrons. The van der Waals surface area contributed by atoms with Gasteiger partial charge in [0.1, 0.15) is 5.75 Å². The highest BCUT2D eigenvalue weighted by molar-refractivity contribution is 6.05. The summed E-state index contributed by atoms with van der Waals surface area (Å²) in [6, 6.07) is 11.3. The zero-order valence-electron chi connectivity index (χ0n) is 16.0. The van der Waals surface area contributed by atoms with Crippen LogP contribution in [0.5, 0.6) is 5.75 Å². The smallest absolute Gasteiger partial charge is 0.411 e. The summed E-state index contributed by atoms with van der Waals surface area (Å²) < 4.78 is 5.36. The molecule has 0 bridgehead atoms. The van der Waals surface area contributed by atoms with E-state index in [1.165, 1.54) is 31.4 Å². The predicted octanol–water partition coefficient (Wildman–Crippen LogP) is 5.08. The molecule has 0 heterocycles. The monoisotopic (exact) mass is 382 g/mol. The first-order valence-electron chi connectivity index (χ1n) is 9.66. The van der Waals surface area contributed by atoms with Crippen molar-refractivity contribution in [3.63, 3.8) is 0 Å². The van der Waals surface area contributed by atoms with Crippen molar-refractivity contribution in [3.05, 3.63) is 53.6 Å². The second-order valence-electron chi connectivity index (χ2n) is 7.26. The third kappa shape index (κ3) is 5.49. The molecule has 1 aliphatic rings. The molecule has 1 aliphatic carbocycles. The van der Waals surface area contributed by atoms with Crippen LogP contribution >= 0.6 is 0 Å². The van der Waals surface area contributed by atoms with Gasteiger partial charge in [0.15, 0.2) is 0 Å². The molecule has 0 unspecified atom stereocenters. The van der Waals surface area contributed by atoms with Crippen LogP contribution in [-0.4, -0.2) is 23.7 Å². The summed E-state index contributed by atoms with van der Waals surface area (Å²) in [5.41, 5.74) is 2.46. The van der Waals surface area contributed by atoms with Crippen molar-refractivity contribution in [1.82, 2.24) is 0 Å². The fourth-order valence-electron chi connectivity index (χ4n) is 3.34. The third-order valence-corrected chi connectivity index (χ3v) is 5.04. The maximum absolute atomic E-state index is 12.4. The lowest BCUT2D eigenvalue weighted by atomic mass is 9.90. The molecular weight excluding hydrogens is 356 g/mol. The maximum Gasteiger partial charge on any atom is 0.411 e. The van der Waals surface area contributed by atoms with E-state index >= 15 is 0 Å². The molecule has 6 heteroatoms. The van der Waals surface area contributed by atoms with Gasteiger partial charge in [-0.3, -0.25) is 10.1 Å². The Morgan fingerprint density at radius 1 is 1.04 bits per heavy atom. The number of anilines is 2. The van der Waals surface area contributed by atoms with Crippen molar-refractivity contribution >= 4 is 23.4 Å². The highest BCUT2D eigenvalue weighted by Crippen LogP contribution is 2.24. The molecule has 1 saturated carbocycles. The van der Waals surface area contributed by atoms with E-state index in [1.54, 1.807) is 24.3 Å². The quantitative estimate of drug-likeness (QED) is 0.673. The van der Waals surface area contributed by atoms with E-state index in [4.69, 9.17) is 4.74 Å². The first-order valence-corrected chi connectivity index (χ1v) is 9.66. The minimum Gasteiger partial charge on any atom is -0.508 e. The van der Waals surface area contributed by atoms with Gasteiger partial charge in [-0.1, -0.05) is 25.3 Å². The average molecular weight is 382 g/mol. The van der Waals surface area contributed by atoms with Gasteiger partial charge in [0.25, 0.3) is 5.91 Å². The first-order chi connectivity index (χ1) is 13.5. The van der Waals surface area contributed by atoms with Gasteiger partial charge in [0, 0.05) is 16.9 Å². The number of phenolic OH excluding ortho intramolecular Hbond substituents is 1. The van der Waals surface area contributed by atoms with Crippen LogP contribution in [0, 0.1) is 12.8 Å². The Morgan fingerprint density at radius 3 is 2.46 bits per heavy atom. The molecule has 0 saturated heterocycles. The Bertz CT molecular complexity index is 827. The van der Waals surface area contributed by atoms with Crippen molar-refractivity contribution in [1.29, 1.82) is 0 Å². The van der Waals surface area contributed by atoms with Crippen LogP contribution in [0.4, 0.5) is 16.2 Å². The first kappa shape index (κ1) is 19.7. The van der Waals surface area contributed by atoms with Gasteiger partial charge in [-0.05, 0) is 67.6 Å². The summed E-state index contributed by atoms with van der Waals surface area (Å²) in [7, 11) is 0. The summed E-state index contributed by atoms with van der Waals surface area (Å²) in [4.78, 5) is 24.5. The molecule has 2 aromatic carbocycles. The highest BCUT2D eigenvalue weighted by Gasteiger charge is 2.16. The maximum atomic E-state index is 12.4. The number of hydrogen-bond donors (Lipinski definition) is 3. The molecule has 3 N–H and O–H groups in total. The van der Waals surface area contributed by atoms with Crippen molar-refractivity contribution < 1.29 is 19.4 Å². The Kier molecular flexibility index (Phi) is 6.53. The summed E-state index contributed by atoms with van der Waals surface area (Å²) in [6.07, 6.45) is 5.43. The molecule has 1 fully saturated rings. The zero-order valence-corrected chi connectivity index (χ0v) is 16.0. The lowest BCUT2D eigenvalue weighted by Crippen LogP contribution is -2.20. The topological polar surface area (TPSA) is 87.7 Å². The van der Waals surface area contributed by atoms with Crippen LogP contribution in [0.2, 0.25) is 0 Å². The summed E-state index contributed by atoms with van der Waals surface area (Å²) in [5.74, 6) is 0.267. The van der Waals surface area contributed by atoms with E-state index in [0.717, 1.165) is 18.4 Å². The lowest BCUT2D eigenvalue weighted by Gasteiger charge is -2.21. The van der Waals surface area contributed by atoms with E-state index in [2.05, 4.69) is 10.6 Å². The largest absolute Gasteiger partial charge is 0.508 e. The van der Waals surface area contributed by atoms with Crippen molar-refractivity contribution in [2.45, 2.75) is 39.0 Å². The van der Waals surface area contributed by atoms with E-state index in [0.29, 0.717) is 29.5 Å². The molecule has 0 atom stereocenters. The number of nitrogens with one attached hydrogen (secondary N) is 2. The van der Waals surface area contributed by atoms with Crippen LogP contribution in [-0.2, 0) is 4.74 Å². The molecule has 2 aromatic rings. The molecule has 0 spiro atoms. The summed E-state index contributed by atoms with van der Waals surface area (Å²) in [5, 5.41) is 14.9. The second kappa shape index (κ2) is 9.26. The Hall–Kier alpha value is -3.02. The molecule has 0 aromatic heterocycles. The number of amides is 2. The molecule has 0 aliphatic heterocycles. The van der Waals surface area contributed by atoms with Crippen LogP contribution < -0.4 is 10.6 Å². The van der Waals surface area contributed by atoms with E-state index < -0.39 is 6.09 Å². The number of hydrogen-bond acceptors (Lipinski definition) is 4. The van der Waals surface area contributed by atoms with E-state index in [9.17, 15) is 14.7 Å². The van der Waals surface area contributed by atoms with Crippen LogP contribution in [0.3, 0.4) is 0 Å². The van der Waals surface area contributed by atoms with Crippen LogP contribution in [0.25, 0.3) is 0 Å². The van der Waals surface area contributed by atoms with Gasteiger partial charge in [0.05, 0.1) is 6.61 Å². The Labute approximate surface area is 164 Å². The fourth-order valence-corrected chi connectivity index (χ4v) is 3.34. The standard InChI is InChI=1S/C22H26N2O4/c1-15-7-10-18(23-22(27)28-14-16-5-3-2-4-6-16)13-20(15)24-21(26)17-8-11-19(25)12-9-17/h7-13,16,25H,2-6,14H2,1H3,(H,23,27)(H,24,26). The fraction of sp³-hybridized carbons (Fsp3) is 0.364. The molecule has 6 nitrogen and oxygen atoms in total. The molecule has 148 valence electrons. The normalized spacial score (nSPS) is 14.3. The molecule has 2 amide bonds. The van der Waals surface area contributed by atoms with Gasteiger partial charge in [0.2, 0.25) is 0 Å². The second-order valence-corrected chi connectivity index (χ2v) is 7.26. The van der Waals surface area contributed by atoms with Crippen molar-refractivity contribution in [3.8, 4) is 5.75 Å². The number of ether oxygens (including phenoxy) is 1. The van der Waals surface area contributed by atoms with E-state index in [-0.39, 0.29) is 11.7 Å². The number of benzene rings is 2. The Morgan fingerprint density at radius 2 is 1.75 bits per heavy atom. The van der Waals surface area contributed by atoms with Gasteiger partial charge in [-0.2, -0.15) is 0 Å². The zero-order chi connectivity index (χ0) is 19.9. The SMILES string of the molecule is Cc1ccc(NC(=O)OCC2CCCCC2)cc1NC(=O)c1ccc(O)cc1. The molecular formula is C22H26N2O4. The number of phenols is 1. The number of carbonyl (C=O) groups is 2. The van der Waals surface area contributed by atoms with E-state index in [1.807, 2.05) is 13.0 Å².